The van der Waals surface area contributed by atoms with Crippen molar-refractivity contribution in [3.8, 4) is 0 Å². The lowest BCUT2D eigenvalue weighted by Gasteiger charge is -2.12. The van der Waals surface area contributed by atoms with Crippen LogP contribution in [0.4, 0.5) is 24.5 Å². The zero-order valence-corrected chi connectivity index (χ0v) is 18.1. The number of nitrogens with two attached hydrogens (primary N) is 1. The fourth-order valence-electron chi connectivity index (χ4n) is 2.71. The number of sulfonamides is 2. The third-order valence-electron chi connectivity index (χ3n) is 4.29. The first-order valence-corrected chi connectivity index (χ1v) is 12.0. The van der Waals surface area contributed by atoms with Crippen molar-refractivity contribution in [2.24, 2.45) is 5.14 Å². The van der Waals surface area contributed by atoms with E-state index in [4.69, 9.17) is 5.14 Å². The van der Waals surface area contributed by atoms with E-state index in [0.29, 0.717) is 6.07 Å². The van der Waals surface area contributed by atoms with Gasteiger partial charge in [-0.2, -0.15) is 13.2 Å². The highest BCUT2D eigenvalue weighted by Gasteiger charge is 2.30. The minimum absolute atomic E-state index is 0.0500. The molecule has 0 aliphatic rings. The van der Waals surface area contributed by atoms with Crippen LogP contribution in [0.3, 0.4) is 0 Å². The van der Waals surface area contributed by atoms with Gasteiger partial charge in [0.1, 0.15) is 0 Å². The van der Waals surface area contributed by atoms with Crippen molar-refractivity contribution in [3.05, 3.63) is 83.9 Å². The molecule has 3 aromatic rings. The second-order valence-corrected chi connectivity index (χ2v) is 9.98. The van der Waals surface area contributed by atoms with Crippen LogP contribution in [-0.4, -0.2) is 22.7 Å². The van der Waals surface area contributed by atoms with Crippen molar-refractivity contribution in [1.29, 1.82) is 0 Å². The summed E-state index contributed by atoms with van der Waals surface area (Å²) in [4.78, 5) is 11.9. The van der Waals surface area contributed by atoms with Gasteiger partial charge in [0, 0.05) is 16.9 Å². The van der Waals surface area contributed by atoms with Crippen LogP contribution in [0, 0.1) is 0 Å². The van der Waals surface area contributed by atoms with E-state index in [1.54, 1.807) is 0 Å². The Labute approximate surface area is 187 Å². The van der Waals surface area contributed by atoms with Crippen molar-refractivity contribution < 1.29 is 34.8 Å². The van der Waals surface area contributed by atoms with Crippen molar-refractivity contribution in [3.63, 3.8) is 0 Å². The number of halogens is 3. The largest absolute Gasteiger partial charge is 0.416 e. The number of rotatable bonds is 6. The summed E-state index contributed by atoms with van der Waals surface area (Å²) in [5, 5.41) is 7.51. The van der Waals surface area contributed by atoms with Crippen LogP contribution >= 0.6 is 0 Å². The molecule has 3 aromatic carbocycles. The van der Waals surface area contributed by atoms with Crippen molar-refractivity contribution in [2.75, 3.05) is 10.0 Å². The Kier molecular flexibility index (Phi) is 6.49. The van der Waals surface area contributed by atoms with Gasteiger partial charge in [-0.15, -0.1) is 0 Å². The molecule has 1 amide bonds. The molecule has 0 bridgehead atoms. The van der Waals surface area contributed by atoms with Crippen LogP contribution in [0.15, 0.2) is 82.6 Å². The highest BCUT2D eigenvalue weighted by Crippen LogP contribution is 2.31. The van der Waals surface area contributed by atoms with Gasteiger partial charge >= 0.3 is 6.18 Å². The summed E-state index contributed by atoms with van der Waals surface area (Å²) in [5.74, 6) is -0.656. The number of nitrogens with one attached hydrogen (secondary N) is 2. The molecule has 13 heteroatoms. The van der Waals surface area contributed by atoms with Gasteiger partial charge in [0.25, 0.3) is 15.9 Å². The molecule has 4 N–H and O–H groups in total. The van der Waals surface area contributed by atoms with Crippen LogP contribution in [0.1, 0.15) is 15.9 Å². The molecule has 33 heavy (non-hydrogen) atoms. The quantitative estimate of drug-likeness (QED) is 0.478. The molecule has 0 unspecified atom stereocenters. The van der Waals surface area contributed by atoms with E-state index in [1.807, 2.05) is 0 Å². The van der Waals surface area contributed by atoms with Crippen molar-refractivity contribution in [1.82, 2.24) is 0 Å². The number of hydrogen-bond acceptors (Lipinski definition) is 5. The van der Waals surface area contributed by atoms with Gasteiger partial charge in [0.15, 0.2) is 0 Å². The number of carbonyl (C=O) groups excluding carboxylic acids is 1. The Morgan fingerprint density at radius 2 is 1.39 bits per heavy atom. The Morgan fingerprint density at radius 3 is 2.00 bits per heavy atom. The number of alkyl halides is 3. The lowest BCUT2D eigenvalue weighted by Crippen LogP contribution is -2.16. The topological polar surface area (TPSA) is 135 Å². The van der Waals surface area contributed by atoms with Gasteiger partial charge in [0.2, 0.25) is 10.0 Å². The standard InChI is InChI=1S/C20H16F3N3O5S2/c21-20(22,23)14-3-1-5-16(11-14)26-33(30,31)17-9-7-13(8-10-17)19(27)25-15-4-2-6-18(12-15)32(24,28)29/h1-12,26H,(H,25,27)(H2,24,28,29). The van der Waals surface area contributed by atoms with Crippen LogP contribution in [0.2, 0.25) is 0 Å². The van der Waals surface area contributed by atoms with Crippen LogP contribution < -0.4 is 15.2 Å². The zero-order valence-electron chi connectivity index (χ0n) is 16.5. The summed E-state index contributed by atoms with van der Waals surface area (Å²) >= 11 is 0. The summed E-state index contributed by atoms with van der Waals surface area (Å²) in [5.41, 5.74) is -1.09. The summed E-state index contributed by atoms with van der Waals surface area (Å²) in [7, 11) is -8.20. The molecule has 0 fully saturated rings. The molecule has 0 aliphatic carbocycles. The molecular formula is C20H16F3N3O5S2. The maximum absolute atomic E-state index is 12.8. The third kappa shape index (κ3) is 6.09. The van der Waals surface area contributed by atoms with Gasteiger partial charge in [0.05, 0.1) is 15.4 Å². The lowest BCUT2D eigenvalue weighted by atomic mass is 10.2. The fraction of sp³-hybridized carbons (Fsp3) is 0.0500. The number of primary sulfonamides is 1. The first-order valence-electron chi connectivity index (χ1n) is 9.00. The van der Waals surface area contributed by atoms with Crippen LogP contribution in [-0.2, 0) is 26.2 Å². The van der Waals surface area contributed by atoms with E-state index < -0.39 is 37.7 Å². The highest BCUT2D eigenvalue weighted by atomic mass is 32.2. The highest BCUT2D eigenvalue weighted by molar-refractivity contribution is 7.92. The smallest absolute Gasteiger partial charge is 0.322 e. The summed E-state index contributed by atoms with van der Waals surface area (Å²) in [6.07, 6.45) is -4.63. The molecule has 0 saturated heterocycles. The maximum atomic E-state index is 12.8. The molecule has 174 valence electrons. The Hall–Kier alpha value is -3.42. The lowest BCUT2D eigenvalue weighted by molar-refractivity contribution is -0.137. The Bertz CT molecular complexity index is 1410. The van der Waals surface area contributed by atoms with Crippen molar-refractivity contribution in [2.45, 2.75) is 16.0 Å². The first-order chi connectivity index (χ1) is 15.3. The van der Waals surface area contributed by atoms with Gasteiger partial charge in [-0.25, -0.2) is 22.0 Å². The summed E-state index contributed by atoms with van der Waals surface area (Å²) in [6, 6.07) is 13.5. The minimum Gasteiger partial charge on any atom is -0.322 e. The van der Waals surface area contributed by atoms with Gasteiger partial charge in [-0.3, -0.25) is 9.52 Å². The Morgan fingerprint density at radius 1 is 0.788 bits per heavy atom. The molecule has 0 saturated carbocycles. The fourth-order valence-corrected chi connectivity index (χ4v) is 4.32. The number of benzene rings is 3. The summed E-state index contributed by atoms with van der Waals surface area (Å²) < 4.78 is 88.4. The van der Waals surface area contributed by atoms with E-state index in [2.05, 4.69) is 10.0 Å². The number of amides is 1. The van der Waals surface area contributed by atoms with E-state index >= 15 is 0 Å². The molecule has 3 rings (SSSR count). The number of anilines is 2. The molecule has 0 aliphatic heterocycles. The number of hydrogen-bond donors (Lipinski definition) is 3. The molecule has 0 atom stereocenters. The molecule has 0 radical (unpaired) electrons. The zero-order chi connectivity index (χ0) is 24.4. The van der Waals surface area contributed by atoms with Gasteiger partial charge in [-0.05, 0) is 60.7 Å². The monoisotopic (exact) mass is 499 g/mol. The SMILES string of the molecule is NS(=O)(=O)c1cccc(NC(=O)c2ccc(S(=O)(=O)Nc3cccc(C(F)(F)F)c3)cc2)c1. The normalized spacial score (nSPS) is 12.2. The first kappa shape index (κ1) is 24.2. The van der Waals surface area contributed by atoms with Crippen molar-refractivity contribution >= 4 is 37.3 Å². The van der Waals surface area contributed by atoms with E-state index in [1.165, 1.54) is 36.4 Å². The van der Waals surface area contributed by atoms with Gasteiger partial charge < -0.3 is 5.32 Å². The van der Waals surface area contributed by atoms with Crippen LogP contribution in [0.25, 0.3) is 0 Å². The molecular weight excluding hydrogens is 483 g/mol. The van der Waals surface area contributed by atoms with E-state index in [-0.39, 0.29) is 26.7 Å². The third-order valence-corrected chi connectivity index (χ3v) is 6.60. The molecule has 0 aromatic heterocycles. The van der Waals surface area contributed by atoms with Crippen LogP contribution in [0.5, 0.6) is 0 Å². The van der Waals surface area contributed by atoms with Gasteiger partial charge in [-0.1, -0.05) is 12.1 Å². The van der Waals surface area contributed by atoms with E-state index in [0.717, 1.165) is 30.3 Å². The molecule has 0 spiro atoms. The molecule has 0 heterocycles. The minimum atomic E-state index is -4.63. The second-order valence-electron chi connectivity index (χ2n) is 6.74. The summed E-state index contributed by atoms with van der Waals surface area (Å²) in [6.45, 7) is 0. The second kappa shape index (κ2) is 8.84. The Balaban J connectivity index is 1.76. The molecule has 8 nitrogen and oxygen atoms in total. The predicted octanol–water partition coefficient (Wildman–Crippen LogP) is 3.41. The maximum Gasteiger partial charge on any atom is 0.416 e. The van der Waals surface area contributed by atoms with E-state index in [9.17, 15) is 34.8 Å². The number of carbonyl (C=O) groups is 1. The average molecular weight is 499 g/mol. The average Bonchev–Trinajstić information content (AvgIpc) is 2.73. The predicted molar refractivity (Wildman–Crippen MR) is 114 cm³/mol.